The number of aryl methyl sites for hydroxylation is 1. The SMILES string of the molecule is CC(=O)OC[C@H]1O[C@@H](Oc2c(C)occc2=S)[C@H](OC(C)=O)[C@@H](OC(C)=O)[C@@H]1OC(C)=O. The van der Waals surface area contributed by atoms with E-state index in [4.69, 9.17) is 45.1 Å². The van der Waals surface area contributed by atoms with Crippen LogP contribution < -0.4 is 4.74 Å². The Morgan fingerprint density at radius 2 is 1.47 bits per heavy atom. The fraction of sp³-hybridized carbons (Fsp3) is 0.550. The third kappa shape index (κ3) is 6.76. The minimum Gasteiger partial charge on any atom is -0.466 e. The molecule has 1 fully saturated rings. The molecule has 0 unspecified atom stereocenters. The number of carbonyl (C=O) groups excluding carboxylic acids is 4. The van der Waals surface area contributed by atoms with Crippen molar-refractivity contribution in [1.29, 1.82) is 0 Å². The molecule has 5 atom stereocenters. The molecule has 176 valence electrons. The van der Waals surface area contributed by atoms with Crippen LogP contribution in [-0.2, 0) is 42.9 Å². The van der Waals surface area contributed by atoms with Crippen LogP contribution in [0.3, 0.4) is 0 Å². The van der Waals surface area contributed by atoms with Crippen molar-refractivity contribution < 1.29 is 52.0 Å². The van der Waals surface area contributed by atoms with E-state index < -0.39 is 54.6 Å². The molecule has 0 aliphatic carbocycles. The van der Waals surface area contributed by atoms with Gasteiger partial charge in [-0.1, -0.05) is 12.2 Å². The molecule has 2 rings (SSSR count). The molecule has 1 aromatic heterocycles. The van der Waals surface area contributed by atoms with E-state index in [0.717, 1.165) is 20.8 Å². The average Bonchev–Trinajstić information content (AvgIpc) is 2.66. The van der Waals surface area contributed by atoms with Crippen molar-refractivity contribution in [3.63, 3.8) is 0 Å². The number of rotatable bonds is 7. The Hall–Kier alpha value is -2.99. The van der Waals surface area contributed by atoms with Crippen LogP contribution in [0.4, 0.5) is 0 Å². The zero-order valence-electron chi connectivity index (χ0n) is 18.1. The maximum atomic E-state index is 11.8. The van der Waals surface area contributed by atoms with E-state index in [0.29, 0.717) is 5.76 Å². The summed E-state index contributed by atoms with van der Waals surface area (Å²) in [5, 5.41) is 0. The van der Waals surface area contributed by atoms with Crippen molar-refractivity contribution in [1.82, 2.24) is 0 Å². The molecule has 0 amide bonds. The van der Waals surface area contributed by atoms with Gasteiger partial charge in [-0.3, -0.25) is 19.2 Å². The van der Waals surface area contributed by atoms with E-state index in [1.807, 2.05) is 0 Å². The summed E-state index contributed by atoms with van der Waals surface area (Å²) in [6, 6.07) is 1.48. The molecular weight excluding hydrogens is 448 g/mol. The van der Waals surface area contributed by atoms with Crippen LogP contribution in [0.1, 0.15) is 33.5 Å². The first-order valence-electron chi connectivity index (χ1n) is 9.55. The van der Waals surface area contributed by atoms with Crippen LogP contribution in [0.2, 0.25) is 0 Å². The van der Waals surface area contributed by atoms with Crippen LogP contribution in [0.25, 0.3) is 0 Å². The predicted molar refractivity (Wildman–Crippen MR) is 107 cm³/mol. The Kier molecular flexibility index (Phi) is 8.72. The standard InChI is InChI=1S/C20H24O11S/c1-9-16(15(32)6-7-25-9)31-20-19(29-13(5)24)18(28-12(4)23)17(27-11(3)22)14(30-20)8-26-10(2)21/h6-7,14,17-20H,8H2,1-5H3/t14-,17-,18+,19-,20+/m1/s1. The molecular formula is C20H24O11S. The van der Waals surface area contributed by atoms with E-state index in [9.17, 15) is 19.2 Å². The monoisotopic (exact) mass is 472 g/mol. The van der Waals surface area contributed by atoms with E-state index in [-0.39, 0.29) is 16.9 Å². The summed E-state index contributed by atoms with van der Waals surface area (Å²) in [6.07, 6.45) is -5.11. The number of ether oxygens (including phenoxy) is 6. The van der Waals surface area contributed by atoms with Crippen LogP contribution in [0.15, 0.2) is 16.7 Å². The fourth-order valence-electron chi connectivity index (χ4n) is 3.04. The Morgan fingerprint density at radius 1 is 0.906 bits per heavy atom. The molecule has 1 saturated heterocycles. The van der Waals surface area contributed by atoms with Gasteiger partial charge >= 0.3 is 23.9 Å². The minimum atomic E-state index is -1.38. The maximum absolute atomic E-state index is 11.8. The van der Waals surface area contributed by atoms with Crippen LogP contribution >= 0.6 is 12.2 Å². The van der Waals surface area contributed by atoms with Gasteiger partial charge in [-0.2, -0.15) is 0 Å². The lowest BCUT2D eigenvalue weighted by atomic mass is 9.98. The zero-order valence-corrected chi connectivity index (χ0v) is 19.0. The smallest absolute Gasteiger partial charge is 0.303 e. The van der Waals surface area contributed by atoms with Gasteiger partial charge in [-0.05, 0) is 13.0 Å². The van der Waals surface area contributed by atoms with Crippen molar-refractivity contribution in [2.75, 3.05) is 6.61 Å². The molecule has 2 heterocycles. The minimum absolute atomic E-state index is 0.128. The highest BCUT2D eigenvalue weighted by atomic mass is 32.1. The number of carbonyl (C=O) groups is 4. The van der Waals surface area contributed by atoms with E-state index in [1.165, 1.54) is 19.3 Å². The molecule has 0 bridgehead atoms. The average molecular weight is 472 g/mol. The number of hydrogen-bond donors (Lipinski definition) is 0. The predicted octanol–water partition coefficient (Wildman–Crippen LogP) is 1.78. The summed E-state index contributed by atoms with van der Waals surface area (Å²) in [5.74, 6) is -2.39. The summed E-state index contributed by atoms with van der Waals surface area (Å²) in [7, 11) is 0. The quantitative estimate of drug-likeness (QED) is 0.325. The fourth-order valence-corrected chi connectivity index (χ4v) is 3.29. The molecule has 11 nitrogen and oxygen atoms in total. The molecule has 0 aromatic carbocycles. The van der Waals surface area contributed by atoms with Crippen molar-refractivity contribution in [2.24, 2.45) is 0 Å². The third-order valence-corrected chi connectivity index (χ3v) is 4.51. The van der Waals surface area contributed by atoms with Crippen molar-refractivity contribution in [3.8, 4) is 5.75 Å². The second-order valence-electron chi connectivity index (χ2n) is 6.86. The molecule has 12 heteroatoms. The molecule has 1 aliphatic rings. The summed E-state index contributed by atoms with van der Waals surface area (Å²) in [4.78, 5) is 46.7. The first kappa shape index (κ1) is 25.3. The van der Waals surface area contributed by atoms with Gasteiger partial charge in [-0.25, -0.2) is 0 Å². The molecule has 1 aliphatic heterocycles. The van der Waals surface area contributed by atoms with Crippen molar-refractivity contribution in [3.05, 3.63) is 22.6 Å². The highest BCUT2D eigenvalue weighted by Crippen LogP contribution is 2.32. The molecule has 32 heavy (non-hydrogen) atoms. The Bertz CT molecular complexity index is 924. The summed E-state index contributed by atoms with van der Waals surface area (Å²) in [5.41, 5.74) is 0. The molecule has 0 N–H and O–H groups in total. The highest BCUT2D eigenvalue weighted by Gasteiger charge is 2.53. The lowest BCUT2D eigenvalue weighted by Gasteiger charge is -2.43. The van der Waals surface area contributed by atoms with Gasteiger partial charge in [0.25, 0.3) is 0 Å². The lowest BCUT2D eigenvalue weighted by Crippen LogP contribution is -2.63. The molecule has 0 radical (unpaired) electrons. The van der Waals surface area contributed by atoms with Gasteiger partial charge in [0.2, 0.25) is 12.4 Å². The van der Waals surface area contributed by atoms with Gasteiger partial charge in [0.1, 0.15) is 18.5 Å². The maximum Gasteiger partial charge on any atom is 0.303 e. The second kappa shape index (κ2) is 11.0. The zero-order chi connectivity index (χ0) is 24.0. The van der Waals surface area contributed by atoms with Gasteiger partial charge in [0.05, 0.1) is 10.8 Å². The van der Waals surface area contributed by atoms with Gasteiger partial charge in [0, 0.05) is 27.7 Å². The summed E-state index contributed by atoms with van der Waals surface area (Å²) in [6.45, 7) is 5.81. The van der Waals surface area contributed by atoms with E-state index in [1.54, 1.807) is 6.92 Å². The highest BCUT2D eigenvalue weighted by molar-refractivity contribution is 7.71. The van der Waals surface area contributed by atoms with E-state index in [2.05, 4.69) is 0 Å². The third-order valence-electron chi connectivity index (χ3n) is 4.19. The summed E-state index contributed by atoms with van der Waals surface area (Å²) < 4.78 is 38.3. The van der Waals surface area contributed by atoms with Gasteiger partial charge in [0.15, 0.2) is 18.0 Å². The molecule has 0 saturated carbocycles. The van der Waals surface area contributed by atoms with Gasteiger partial charge in [-0.15, -0.1) is 0 Å². The second-order valence-corrected chi connectivity index (χ2v) is 7.30. The van der Waals surface area contributed by atoms with Crippen LogP contribution in [0, 0.1) is 11.4 Å². The largest absolute Gasteiger partial charge is 0.466 e. The lowest BCUT2D eigenvalue weighted by molar-refractivity contribution is -0.288. The molecule has 0 spiro atoms. The number of esters is 4. The normalized spacial score (nSPS) is 24.7. The number of hydrogen-bond acceptors (Lipinski definition) is 12. The first-order valence-corrected chi connectivity index (χ1v) is 9.96. The Balaban J connectivity index is 2.51. The van der Waals surface area contributed by atoms with Crippen LogP contribution in [0.5, 0.6) is 5.75 Å². The van der Waals surface area contributed by atoms with Crippen molar-refractivity contribution in [2.45, 2.75) is 65.3 Å². The Morgan fingerprint density at radius 3 is 2.00 bits per heavy atom. The van der Waals surface area contributed by atoms with Crippen LogP contribution in [-0.4, -0.2) is 61.2 Å². The molecule has 1 aromatic rings. The van der Waals surface area contributed by atoms with Crippen molar-refractivity contribution >= 4 is 36.1 Å². The first-order chi connectivity index (χ1) is 15.0. The Labute approximate surface area is 188 Å². The topological polar surface area (TPSA) is 137 Å². The van der Waals surface area contributed by atoms with E-state index >= 15 is 0 Å². The summed E-state index contributed by atoms with van der Waals surface area (Å²) >= 11 is 5.26. The van der Waals surface area contributed by atoms with Gasteiger partial charge < -0.3 is 32.8 Å².